The van der Waals surface area contributed by atoms with Crippen LogP contribution in [0.5, 0.6) is 0 Å². The van der Waals surface area contributed by atoms with Gasteiger partial charge in [-0.15, -0.1) is 17.9 Å². The number of carbonyl (C=O) groups is 1. The smallest absolute Gasteiger partial charge is 0.220 e. The van der Waals surface area contributed by atoms with Gasteiger partial charge in [-0.3, -0.25) is 9.69 Å². The largest absolute Gasteiger partial charge is 0.396 e. The normalized spacial score (nSPS) is 33.6. The molecule has 190 valence electrons. The summed E-state index contributed by atoms with van der Waals surface area (Å²) in [6.45, 7) is 13.3. The number of nitrogens with zero attached hydrogens (tertiary/aromatic N) is 2. The Balaban J connectivity index is 1.55. The third-order valence-electron chi connectivity index (χ3n) is 8.53. The van der Waals surface area contributed by atoms with Crippen molar-refractivity contribution in [2.45, 2.75) is 51.6 Å². The second-order valence-corrected chi connectivity index (χ2v) is 11.6. The summed E-state index contributed by atoms with van der Waals surface area (Å²) in [4.78, 5) is 21.6. The molecule has 0 bridgehead atoms. The molecular weight excluding hydrogens is 452 g/mol. The summed E-state index contributed by atoms with van der Waals surface area (Å²) in [7, 11) is 0. The molecule has 1 saturated heterocycles. The van der Waals surface area contributed by atoms with Crippen LogP contribution >= 0.6 is 11.3 Å². The minimum atomic E-state index is -0.603. The molecule has 4 rings (SSSR count). The van der Waals surface area contributed by atoms with Crippen LogP contribution in [0.4, 0.5) is 5.13 Å². The SMILES string of the molecule is C=CCNc1nc2c(s1)CC1C(C)(CO)C(O)CCC1(C)C2CC(=O)NCCN1CCOCC1. The van der Waals surface area contributed by atoms with E-state index in [0.717, 1.165) is 61.4 Å². The first-order valence-electron chi connectivity index (χ1n) is 12.5. The van der Waals surface area contributed by atoms with Crippen molar-refractivity contribution in [3.05, 3.63) is 23.2 Å². The molecule has 9 heteroatoms. The lowest BCUT2D eigenvalue weighted by Crippen LogP contribution is -2.57. The van der Waals surface area contributed by atoms with Gasteiger partial charge in [-0.05, 0) is 30.6 Å². The lowest BCUT2D eigenvalue weighted by atomic mass is 9.47. The molecule has 2 fully saturated rings. The monoisotopic (exact) mass is 492 g/mol. The standard InChI is InChI=1S/C25H40N4O4S/c1-4-7-27-23-28-22-17(14-21(32)26-8-9-29-10-12-33-13-11-29)24(2)6-5-20(31)25(3,16-30)19(24)15-18(22)34-23/h4,17,19-20,30-31H,1,5-16H2,2-3H3,(H,26,32)(H,27,28). The molecule has 1 saturated carbocycles. The Morgan fingerprint density at radius 3 is 2.85 bits per heavy atom. The van der Waals surface area contributed by atoms with E-state index in [-0.39, 0.29) is 29.8 Å². The lowest BCUT2D eigenvalue weighted by molar-refractivity contribution is -0.144. The molecule has 2 aliphatic carbocycles. The van der Waals surface area contributed by atoms with Gasteiger partial charge in [-0.1, -0.05) is 19.9 Å². The van der Waals surface area contributed by atoms with Gasteiger partial charge in [-0.25, -0.2) is 4.98 Å². The van der Waals surface area contributed by atoms with E-state index >= 15 is 0 Å². The minimum absolute atomic E-state index is 0.0384. The molecule has 34 heavy (non-hydrogen) atoms. The van der Waals surface area contributed by atoms with Crippen molar-refractivity contribution in [1.29, 1.82) is 0 Å². The van der Waals surface area contributed by atoms with Gasteiger partial charge in [0.1, 0.15) is 0 Å². The van der Waals surface area contributed by atoms with Crippen LogP contribution in [0.1, 0.15) is 49.6 Å². The van der Waals surface area contributed by atoms with Crippen LogP contribution in [0.2, 0.25) is 0 Å². The number of carbonyl (C=O) groups excluding carboxylic acids is 1. The highest BCUT2D eigenvalue weighted by Crippen LogP contribution is 2.62. The number of aromatic nitrogens is 1. The highest BCUT2D eigenvalue weighted by atomic mass is 32.1. The van der Waals surface area contributed by atoms with Gasteiger partial charge < -0.3 is 25.6 Å². The Hall–Kier alpha value is -1.52. The highest BCUT2D eigenvalue weighted by Gasteiger charge is 2.59. The van der Waals surface area contributed by atoms with Crippen molar-refractivity contribution >= 4 is 22.4 Å². The van der Waals surface area contributed by atoms with Crippen LogP contribution in [0.25, 0.3) is 0 Å². The molecule has 2 heterocycles. The maximum absolute atomic E-state index is 13.1. The number of amides is 1. The molecule has 1 aromatic heterocycles. The summed E-state index contributed by atoms with van der Waals surface area (Å²) >= 11 is 1.63. The molecule has 1 amide bonds. The first-order valence-corrected chi connectivity index (χ1v) is 13.3. The van der Waals surface area contributed by atoms with Crippen LogP contribution < -0.4 is 10.6 Å². The molecule has 5 unspecified atom stereocenters. The lowest BCUT2D eigenvalue weighted by Gasteiger charge is -2.58. The average Bonchev–Trinajstić information content (AvgIpc) is 3.25. The maximum atomic E-state index is 13.1. The number of morpholine rings is 1. The van der Waals surface area contributed by atoms with Gasteiger partial charge >= 0.3 is 0 Å². The average molecular weight is 493 g/mol. The third-order valence-corrected chi connectivity index (χ3v) is 9.59. The van der Waals surface area contributed by atoms with E-state index in [4.69, 9.17) is 9.72 Å². The number of hydrogen-bond acceptors (Lipinski definition) is 8. The van der Waals surface area contributed by atoms with Crippen LogP contribution in [0.15, 0.2) is 12.7 Å². The predicted molar refractivity (Wildman–Crippen MR) is 134 cm³/mol. The van der Waals surface area contributed by atoms with Gasteiger partial charge in [0.05, 0.1) is 31.6 Å². The van der Waals surface area contributed by atoms with Crippen LogP contribution in [0, 0.1) is 16.7 Å². The minimum Gasteiger partial charge on any atom is -0.396 e. The molecule has 3 aliphatic rings. The molecule has 8 nitrogen and oxygen atoms in total. The quantitative estimate of drug-likeness (QED) is 0.391. The van der Waals surface area contributed by atoms with Gasteiger partial charge in [0.15, 0.2) is 5.13 Å². The summed E-state index contributed by atoms with van der Waals surface area (Å²) in [5.41, 5.74) is 0.180. The van der Waals surface area contributed by atoms with Crippen molar-refractivity contribution in [3.8, 4) is 0 Å². The Morgan fingerprint density at radius 1 is 1.38 bits per heavy atom. The number of rotatable bonds is 9. The van der Waals surface area contributed by atoms with E-state index in [0.29, 0.717) is 25.9 Å². The zero-order valence-corrected chi connectivity index (χ0v) is 21.3. The second-order valence-electron chi connectivity index (χ2n) is 10.5. The molecule has 0 spiro atoms. The molecule has 4 N–H and O–H groups in total. The Kier molecular flexibility index (Phi) is 7.99. The molecule has 5 atom stereocenters. The van der Waals surface area contributed by atoms with Gasteiger partial charge in [-0.2, -0.15) is 0 Å². The highest BCUT2D eigenvalue weighted by molar-refractivity contribution is 7.15. The van der Waals surface area contributed by atoms with Crippen molar-refractivity contribution in [2.24, 2.45) is 16.7 Å². The number of nitrogens with one attached hydrogen (secondary N) is 2. The van der Waals surface area contributed by atoms with Crippen molar-refractivity contribution in [2.75, 3.05) is 57.9 Å². The van der Waals surface area contributed by atoms with E-state index < -0.39 is 11.5 Å². The number of aliphatic hydroxyl groups excluding tert-OH is 2. The van der Waals surface area contributed by atoms with Gasteiger partial charge in [0.25, 0.3) is 0 Å². The van der Waals surface area contributed by atoms with Crippen molar-refractivity contribution in [1.82, 2.24) is 15.2 Å². The summed E-state index contributed by atoms with van der Waals surface area (Å²) in [5.74, 6) is 0.0511. The van der Waals surface area contributed by atoms with E-state index in [2.05, 4.69) is 29.0 Å². The number of fused-ring (bicyclic) bond motifs is 2. The van der Waals surface area contributed by atoms with Crippen molar-refractivity contribution in [3.63, 3.8) is 0 Å². The topological polar surface area (TPSA) is 107 Å². The predicted octanol–water partition coefficient (Wildman–Crippen LogP) is 1.99. The summed E-state index contributed by atoms with van der Waals surface area (Å²) in [5, 5.41) is 28.5. The Bertz CT molecular complexity index is 873. The van der Waals surface area contributed by atoms with Crippen LogP contribution in [-0.2, 0) is 16.0 Å². The first kappa shape index (κ1) is 25.6. The second kappa shape index (κ2) is 10.6. The molecule has 0 radical (unpaired) electrons. The molecule has 0 aromatic carbocycles. The Labute approximate surface area is 206 Å². The zero-order valence-electron chi connectivity index (χ0n) is 20.5. The van der Waals surface area contributed by atoms with E-state index in [1.165, 1.54) is 0 Å². The number of thiazole rings is 1. The molecule has 1 aliphatic heterocycles. The van der Waals surface area contributed by atoms with E-state index in [1.54, 1.807) is 17.4 Å². The van der Waals surface area contributed by atoms with Crippen LogP contribution in [-0.4, -0.2) is 84.7 Å². The van der Waals surface area contributed by atoms with Gasteiger partial charge in [0, 0.05) is 55.4 Å². The van der Waals surface area contributed by atoms with E-state index in [9.17, 15) is 15.0 Å². The summed E-state index contributed by atoms with van der Waals surface area (Å²) < 4.78 is 5.40. The summed E-state index contributed by atoms with van der Waals surface area (Å²) in [6, 6.07) is 0. The van der Waals surface area contributed by atoms with E-state index in [1.807, 2.05) is 6.92 Å². The maximum Gasteiger partial charge on any atom is 0.220 e. The fourth-order valence-electron chi connectivity index (χ4n) is 6.32. The van der Waals surface area contributed by atoms with Gasteiger partial charge in [0.2, 0.25) is 5.91 Å². The number of aliphatic hydroxyl groups is 2. The number of hydrogen-bond donors (Lipinski definition) is 4. The third kappa shape index (κ3) is 4.91. The van der Waals surface area contributed by atoms with Crippen LogP contribution in [0.3, 0.4) is 0 Å². The zero-order chi connectivity index (χ0) is 24.3. The molecule has 1 aromatic rings. The number of ether oxygens (including phenoxy) is 1. The first-order chi connectivity index (χ1) is 16.3. The fourth-order valence-corrected chi connectivity index (χ4v) is 7.39. The van der Waals surface area contributed by atoms with Crippen molar-refractivity contribution < 1.29 is 19.7 Å². The fraction of sp³-hybridized carbons (Fsp3) is 0.760. The molecular formula is C25H40N4O4S. The Morgan fingerprint density at radius 2 is 2.15 bits per heavy atom. The number of anilines is 1. The summed E-state index contributed by atoms with van der Waals surface area (Å²) in [6.07, 6.45) is 3.83.